The first kappa shape index (κ1) is 18.5. The number of guanidine groups is 1. The second kappa shape index (κ2) is 11.7. The highest BCUT2D eigenvalue weighted by Crippen LogP contribution is 2.08. The van der Waals surface area contributed by atoms with Gasteiger partial charge in [0.05, 0.1) is 32.6 Å². The van der Waals surface area contributed by atoms with E-state index in [1.807, 2.05) is 12.1 Å². The molecule has 0 spiro atoms. The average Bonchev–Trinajstić information content (AvgIpc) is 3.28. The first-order valence-electron chi connectivity index (χ1n) is 8.14. The third-order valence-corrected chi connectivity index (χ3v) is 4.17. The van der Waals surface area contributed by atoms with Crippen molar-refractivity contribution >= 4 is 17.3 Å². The normalized spacial score (nSPS) is 11.6. The van der Waals surface area contributed by atoms with Crippen LogP contribution in [-0.4, -0.2) is 50.5 Å². The number of furan rings is 1. The van der Waals surface area contributed by atoms with Crippen LogP contribution in [0.5, 0.6) is 0 Å². The standard InChI is InChI=1S/C17H25N3O3S/c21-10-13-22-12-9-20-17(18-7-5-15-3-1-11-23-15)19-8-6-16-4-2-14-24-16/h1-4,11,14,21H,5-10,12-13H2,(H2,18,19,20). The van der Waals surface area contributed by atoms with Gasteiger partial charge in [-0.2, -0.15) is 0 Å². The molecule has 0 atom stereocenters. The minimum absolute atomic E-state index is 0.0387. The fourth-order valence-corrected chi connectivity index (χ4v) is 2.79. The number of nitrogens with zero attached hydrogens (tertiary/aromatic N) is 1. The number of nitrogens with one attached hydrogen (secondary N) is 2. The maximum absolute atomic E-state index is 8.69. The van der Waals surface area contributed by atoms with E-state index in [1.54, 1.807) is 17.6 Å². The van der Waals surface area contributed by atoms with Crippen molar-refractivity contribution in [2.24, 2.45) is 4.99 Å². The summed E-state index contributed by atoms with van der Waals surface area (Å²) in [5.74, 6) is 1.72. The number of hydrogen-bond acceptors (Lipinski definition) is 5. The lowest BCUT2D eigenvalue weighted by atomic mass is 10.3. The summed E-state index contributed by atoms with van der Waals surface area (Å²) in [4.78, 5) is 5.84. The molecule has 3 N–H and O–H groups in total. The maximum Gasteiger partial charge on any atom is 0.191 e. The quantitative estimate of drug-likeness (QED) is 0.326. The zero-order valence-corrected chi connectivity index (χ0v) is 14.6. The number of ether oxygens (including phenoxy) is 1. The Morgan fingerprint density at radius 2 is 2.04 bits per heavy atom. The van der Waals surface area contributed by atoms with Gasteiger partial charge in [-0.25, -0.2) is 0 Å². The van der Waals surface area contributed by atoms with E-state index in [2.05, 4.69) is 33.1 Å². The van der Waals surface area contributed by atoms with Crippen LogP contribution in [0, 0.1) is 0 Å². The molecule has 24 heavy (non-hydrogen) atoms. The summed E-state index contributed by atoms with van der Waals surface area (Å²) in [6.45, 7) is 3.01. The molecule has 7 heteroatoms. The molecule has 6 nitrogen and oxygen atoms in total. The van der Waals surface area contributed by atoms with Gasteiger partial charge >= 0.3 is 0 Å². The van der Waals surface area contributed by atoms with Crippen LogP contribution in [-0.2, 0) is 17.6 Å². The third kappa shape index (κ3) is 7.63. The molecule has 132 valence electrons. The predicted molar refractivity (Wildman–Crippen MR) is 96.6 cm³/mol. The molecule has 0 aliphatic carbocycles. The molecule has 2 aromatic rings. The first-order valence-corrected chi connectivity index (χ1v) is 9.02. The van der Waals surface area contributed by atoms with Gasteiger partial charge in [-0.3, -0.25) is 4.99 Å². The molecule has 2 heterocycles. The average molecular weight is 351 g/mol. The minimum atomic E-state index is 0.0387. The topological polar surface area (TPSA) is 79.0 Å². The summed E-state index contributed by atoms with van der Waals surface area (Å²) in [7, 11) is 0. The summed E-state index contributed by atoms with van der Waals surface area (Å²) in [5.41, 5.74) is 0. The molecule has 0 saturated carbocycles. The molecule has 0 fully saturated rings. The minimum Gasteiger partial charge on any atom is -0.469 e. The van der Waals surface area contributed by atoms with Crippen LogP contribution in [0.3, 0.4) is 0 Å². The number of rotatable bonds is 11. The van der Waals surface area contributed by atoms with E-state index < -0.39 is 0 Å². The van der Waals surface area contributed by atoms with E-state index in [-0.39, 0.29) is 6.61 Å². The van der Waals surface area contributed by atoms with Gasteiger partial charge in [0, 0.05) is 24.4 Å². The summed E-state index contributed by atoms with van der Waals surface area (Å²) in [6, 6.07) is 8.05. The number of aliphatic imine (C=N–C) groups is 1. The highest BCUT2D eigenvalue weighted by Gasteiger charge is 2.01. The molecule has 0 saturated heterocycles. The lowest BCUT2D eigenvalue weighted by Crippen LogP contribution is -2.39. The van der Waals surface area contributed by atoms with Crippen LogP contribution in [0.1, 0.15) is 10.6 Å². The molecular weight excluding hydrogens is 326 g/mol. The SMILES string of the molecule is OCCOCCN=C(NCCc1ccco1)NCCc1cccs1. The molecule has 0 radical (unpaired) electrons. The zero-order valence-electron chi connectivity index (χ0n) is 13.7. The Kier molecular flexibility index (Phi) is 9.00. The van der Waals surface area contributed by atoms with E-state index in [4.69, 9.17) is 14.3 Å². The highest BCUT2D eigenvalue weighted by atomic mass is 32.1. The van der Waals surface area contributed by atoms with Crippen molar-refractivity contribution in [1.82, 2.24) is 10.6 Å². The van der Waals surface area contributed by atoms with E-state index in [9.17, 15) is 0 Å². The van der Waals surface area contributed by atoms with Gasteiger partial charge in [0.2, 0.25) is 0 Å². The van der Waals surface area contributed by atoms with Crippen LogP contribution in [0.15, 0.2) is 45.3 Å². The summed E-state index contributed by atoms with van der Waals surface area (Å²) >= 11 is 1.76. The molecule has 0 unspecified atom stereocenters. The fraction of sp³-hybridized carbons (Fsp3) is 0.471. The van der Waals surface area contributed by atoms with Crippen LogP contribution in [0.2, 0.25) is 0 Å². The van der Waals surface area contributed by atoms with E-state index in [0.29, 0.717) is 19.8 Å². The number of aliphatic hydroxyl groups is 1. The molecule has 0 aromatic carbocycles. The van der Waals surface area contributed by atoms with Crippen molar-refractivity contribution in [3.05, 3.63) is 46.5 Å². The van der Waals surface area contributed by atoms with Gasteiger partial charge in [-0.15, -0.1) is 11.3 Å². The Hall–Kier alpha value is -1.83. The Balaban J connectivity index is 1.72. The largest absolute Gasteiger partial charge is 0.469 e. The molecule has 0 aliphatic heterocycles. The molecule has 0 bridgehead atoms. The maximum atomic E-state index is 8.69. The van der Waals surface area contributed by atoms with Crippen LogP contribution in [0.4, 0.5) is 0 Å². The van der Waals surface area contributed by atoms with E-state index in [1.165, 1.54) is 4.88 Å². The zero-order chi connectivity index (χ0) is 16.9. The van der Waals surface area contributed by atoms with Gasteiger partial charge in [-0.1, -0.05) is 6.07 Å². The van der Waals surface area contributed by atoms with Gasteiger partial charge in [0.25, 0.3) is 0 Å². The van der Waals surface area contributed by atoms with Crippen LogP contribution >= 0.6 is 11.3 Å². The van der Waals surface area contributed by atoms with E-state index >= 15 is 0 Å². The number of thiophene rings is 1. The smallest absolute Gasteiger partial charge is 0.191 e. The third-order valence-electron chi connectivity index (χ3n) is 3.23. The molecule has 2 aromatic heterocycles. The van der Waals surface area contributed by atoms with Crippen molar-refractivity contribution in [3.63, 3.8) is 0 Å². The van der Waals surface area contributed by atoms with Crippen molar-refractivity contribution in [1.29, 1.82) is 0 Å². The highest BCUT2D eigenvalue weighted by molar-refractivity contribution is 7.09. The van der Waals surface area contributed by atoms with Crippen LogP contribution in [0.25, 0.3) is 0 Å². The molecule has 0 amide bonds. The Morgan fingerprint density at radius 1 is 1.17 bits per heavy atom. The lowest BCUT2D eigenvalue weighted by Gasteiger charge is -2.12. The van der Waals surface area contributed by atoms with Gasteiger partial charge in [0.15, 0.2) is 5.96 Å². The molecular formula is C17H25N3O3S. The fourth-order valence-electron chi connectivity index (χ4n) is 2.08. The molecule has 0 aliphatic rings. The van der Waals surface area contributed by atoms with Crippen LogP contribution < -0.4 is 10.6 Å². The summed E-state index contributed by atoms with van der Waals surface area (Å²) in [5, 5.41) is 17.4. The Bertz CT molecular complexity index is 513. The van der Waals surface area contributed by atoms with Crippen molar-refractivity contribution < 1.29 is 14.3 Å². The second-order valence-electron chi connectivity index (χ2n) is 5.08. The predicted octanol–water partition coefficient (Wildman–Crippen LogP) is 1.67. The number of hydrogen-bond donors (Lipinski definition) is 3. The monoisotopic (exact) mass is 351 g/mol. The summed E-state index contributed by atoms with van der Waals surface area (Å²) in [6.07, 6.45) is 3.46. The van der Waals surface area contributed by atoms with Crippen molar-refractivity contribution in [2.45, 2.75) is 12.8 Å². The molecule has 2 rings (SSSR count). The number of aliphatic hydroxyl groups excluding tert-OH is 1. The van der Waals surface area contributed by atoms with E-state index in [0.717, 1.165) is 37.7 Å². The van der Waals surface area contributed by atoms with Crippen molar-refractivity contribution in [3.8, 4) is 0 Å². The Morgan fingerprint density at radius 3 is 2.75 bits per heavy atom. The van der Waals surface area contributed by atoms with Gasteiger partial charge in [0.1, 0.15) is 5.76 Å². The van der Waals surface area contributed by atoms with Gasteiger partial charge < -0.3 is 24.9 Å². The lowest BCUT2D eigenvalue weighted by molar-refractivity contribution is 0.0977. The summed E-state index contributed by atoms with van der Waals surface area (Å²) < 4.78 is 10.6. The van der Waals surface area contributed by atoms with Gasteiger partial charge in [-0.05, 0) is 30.0 Å². The second-order valence-corrected chi connectivity index (χ2v) is 6.11. The first-order chi connectivity index (χ1) is 11.9. The Labute approximate surface area is 146 Å². The van der Waals surface area contributed by atoms with Crippen molar-refractivity contribution in [2.75, 3.05) is 39.5 Å².